The van der Waals surface area contributed by atoms with Gasteiger partial charge in [0.25, 0.3) is 0 Å². The quantitative estimate of drug-likeness (QED) is 0.866. The highest BCUT2D eigenvalue weighted by molar-refractivity contribution is 4.95. The van der Waals surface area contributed by atoms with Crippen LogP contribution in [0.15, 0.2) is 0 Å². The largest absolute Gasteiger partial charge is 0.375 e. The van der Waals surface area contributed by atoms with Crippen LogP contribution >= 0.6 is 0 Å². The van der Waals surface area contributed by atoms with E-state index in [0.29, 0.717) is 6.04 Å². The Kier molecular flexibility index (Phi) is 5.23. The van der Waals surface area contributed by atoms with Crippen molar-refractivity contribution in [1.29, 1.82) is 0 Å². The zero-order valence-electron chi connectivity index (χ0n) is 13.9. The minimum atomic E-state index is 0.236. The van der Waals surface area contributed by atoms with Crippen molar-refractivity contribution in [2.24, 2.45) is 5.73 Å². The van der Waals surface area contributed by atoms with Crippen LogP contribution in [0.5, 0.6) is 0 Å². The Bertz CT molecular complexity index is 314. The summed E-state index contributed by atoms with van der Waals surface area (Å²) < 4.78 is 6.29. The average Bonchev–Trinajstić information content (AvgIpc) is 2.51. The molecule has 2 saturated carbocycles. The van der Waals surface area contributed by atoms with Crippen LogP contribution in [0.25, 0.3) is 0 Å². The Morgan fingerprint density at radius 3 is 2.38 bits per heavy atom. The highest BCUT2D eigenvalue weighted by Gasteiger charge is 2.41. The summed E-state index contributed by atoms with van der Waals surface area (Å²) in [6, 6.07) is 1.99. The molecule has 3 aliphatic rings. The summed E-state index contributed by atoms with van der Waals surface area (Å²) in [4.78, 5) is 2.81. The molecule has 1 saturated heterocycles. The number of nitrogens with two attached hydrogens (primary N) is 1. The van der Waals surface area contributed by atoms with E-state index in [9.17, 15) is 0 Å². The molecular weight excluding hydrogens is 260 g/mol. The summed E-state index contributed by atoms with van der Waals surface area (Å²) in [6.07, 6.45) is 14.3. The SMILES string of the molecule is CCN(C1CCC(N)CC1)C1CCOC2(CCCCC2)C1. The molecule has 3 heteroatoms. The molecule has 1 aliphatic heterocycles. The molecule has 3 fully saturated rings. The third-order valence-electron chi connectivity index (χ3n) is 6.28. The van der Waals surface area contributed by atoms with Crippen LogP contribution in [-0.2, 0) is 4.74 Å². The average molecular weight is 294 g/mol. The van der Waals surface area contributed by atoms with Gasteiger partial charge in [0.2, 0.25) is 0 Å². The fourth-order valence-corrected chi connectivity index (χ4v) is 5.08. The fourth-order valence-electron chi connectivity index (χ4n) is 5.08. The van der Waals surface area contributed by atoms with Crippen LogP contribution in [0.4, 0.5) is 0 Å². The van der Waals surface area contributed by atoms with E-state index in [1.807, 2.05) is 0 Å². The Morgan fingerprint density at radius 2 is 1.71 bits per heavy atom. The minimum absolute atomic E-state index is 0.236. The second-order valence-corrected chi connectivity index (χ2v) is 7.64. The molecule has 0 radical (unpaired) electrons. The van der Waals surface area contributed by atoms with Crippen LogP contribution in [0.2, 0.25) is 0 Å². The lowest BCUT2D eigenvalue weighted by Gasteiger charge is -2.49. The Labute approximate surface area is 130 Å². The van der Waals surface area contributed by atoms with E-state index in [1.165, 1.54) is 77.2 Å². The van der Waals surface area contributed by atoms with E-state index in [1.54, 1.807) is 0 Å². The van der Waals surface area contributed by atoms with Gasteiger partial charge in [-0.05, 0) is 57.9 Å². The van der Waals surface area contributed by atoms with Gasteiger partial charge in [0, 0.05) is 24.7 Å². The first-order valence-electron chi connectivity index (χ1n) is 9.38. The lowest BCUT2D eigenvalue weighted by Crippen LogP contribution is -2.53. The smallest absolute Gasteiger partial charge is 0.0697 e. The molecule has 0 aromatic heterocycles. The third kappa shape index (κ3) is 3.62. The standard InChI is InChI=1S/C18H34N2O/c1-2-20(16-8-6-15(19)7-9-16)17-10-13-21-18(14-17)11-4-3-5-12-18/h15-17H,2-14,19H2,1H3. The van der Waals surface area contributed by atoms with Gasteiger partial charge in [-0.2, -0.15) is 0 Å². The van der Waals surface area contributed by atoms with Gasteiger partial charge in [-0.3, -0.25) is 4.90 Å². The Balaban J connectivity index is 1.63. The van der Waals surface area contributed by atoms with Crippen molar-refractivity contribution in [2.45, 2.75) is 101 Å². The van der Waals surface area contributed by atoms with Crippen LogP contribution in [0, 0.1) is 0 Å². The van der Waals surface area contributed by atoms with Crippen molar-refractivity contribution in [3.63, 3.8) is 0 Å². The van der Waals surface area contributed by atoms with E-state index in [4.69, 9.17) is 10.5 Å². The Morgan fingerprint density at radius 1 is 1.00 bits per heavy atom. The summed E-state index contributed by atoms with van der Waals surface area (Å²) in [5.41, 5.74) is 6.33. The molecule has 3 nitrogen and oxygen atoms in total. The third-order valence-corrected chi connectivity index (χ3v) is 6.28. The predicted octanol–water partition coefficient (Wildman–Crippen LogP) is 3.46. The molecule has 0 bridgehead atoms. The van der Waals surface area contributed by atoms with Crippen LogP contribution in [0.3, 0.4) is 0 Å². The molecule has 2 aliphatic carbocycles. The van der Waals surface area contributed by atoms with Gasteiger partial charge in [-0.25, -0.2) is 0 Å². The lowest BCUT2D eigenvalue weighted by atomic mass is 9.77. The van der Waals surface area contributed by atoms with Gasteiger partial charge in [-0.1, -0.05) is 26.2 Å². The summed E-state index contributed by atoms with van der Waals surface area (Å²) in [7, 11) is 0. The van der Waals surface area contributed by atoms with Gasteiger partial charge in [0.15, 0.2) is 0 Å². The molecule has 0 amide bonds. The molecule has 1 unspecified atom stereocenters. The fraction of sp³-hybridized carbons (Fsp3) is 1.00. The van der Waals surface area contributed by atoms with Crippen LogP contribution in [-0.4, -0.2) is 41.8 Å². The highest BCUT2D eigenvalue weighted by atomic mass is 16.5. The van der Waals surface area contributed by atoms with E-state index in [-0.39, 0.29) is 5.60 Å². The minimum Gasteiger partial charge on any atom is -0.375 e. The number of hydrogen-bond donors (Lipinski definition) is 1. The summed E-state index contributed by atoms with van der Waals surface area (Å²) in [6.45, 7) is 4.52. The Hall–Kier alpha value is -0.120. The zero-order chi connectivity index (χ0) is 14.7. The van der Waals surface area contributed by atoms with E-state index in [0.717, 1.165) is 18.7 Å². The van der Waals surface area contributed by atoms with Crippen molar-refractivity contribution in [1.82, 2.24) is 4.90 Å². The maximum atomic E-state index is 6.29. The maximum Gasteiger partial charge on any atom is 0.0697 e. The molecule has 1 heterocycles. The highest BCUT2D eigenvalue weighted by Crippen LogP contribution is 2.40. The molecule has 0 aromatic carbocycles. The molecule has 2 N–H and O–H groups in total. The molecular formula is C18H34N2O. The first-order valence-corrected chi connectivity index (χ1v) is 9.38. The van der Waals surface area contributed by atoms with E-state index < -0.39 is 0 Å². The van der Waals surface area contributed by atoms with E-state index in [2.05, 4.69) is 11.8 Å². The summed E-state index contributed by atoms with van der Waals surface area (Å²) in [5, 5.41) is 0. The monoisotopic (exact) mass is 294 g/mol. The van der Waals surface area contributed by atoms with Crippen molar-refractivity contribution >= 4 is 0 Å². The predicted molar refractivity (Wildman–Crippen MR) is 87.4 cm³/mol. The first kappa shape index (κ1) is 15.8. The van der Waals surface area contributed by atoms with Gasteiger partial charge in [0.1, 0.15) is 0 Å². The van der Waals surface area contributed by atoms with Gasteiger partial charge >= 0.3 is 0 Å². The molecule has 0 aromatic rings. The second kappa shape index (κ2) is 6.97. The number of ether oxygens (including phenoxy) is 1. The number of rotatable bonds is 3. The molecule has 21 heavy (non-hydrogen) atoms. The first-order chi connectivity index (χ1) is 10.2. The van der Waals surface area contributed by atoms with Crippen LogP contribution in [0.1, 0.15) is 77.6 Å². The van der Waals surface area contributed by atoms with Gasteiger partial charge < -0.3 is 10.5 Å². The summed E-state index contributed by atoms with van der Waals surface area (Å²) in [5.74, 6) is 0. The van der Waals surface area contributed by atoms with Crippen LogP contribution < -0.4 is 5.73 Å². The van der Waals surface area contributed by atoms with Crippen molar-refractivity contribution < 1.29 is 4.74 Å². The topological polar surface area (TPSA) is 38.5 Å². The maximum absolute atomic E-state index is 6.29. The molecule has 122 valence electrons. The number of hydrogen-bond acceptors (Lipinski definition) is 3. The van der Waals surface area contributed by atoms with E-state index >= 15 is 0 Å². The van der Waals surface area contributed by atoms with Gasteiger partial charge in [-0.15, -0.1) is 0 Å². The molecule has 3 rings (SSSR count). The lowest BCUT2D eigenvalue weighted by molar-refractivity contribution is -0.129. The molecule has 1 spiro atoms. The van der Waals surface area contributed by atoms with Crippen molar-refractivity contribution in [3.05, 3.63) is 0 Å². The summed E-state index contributed by atoms with van der Waals surface area (Å²) >= 11 is 0. The van der Waals surface area contributed by atoms with Crippen molar-refractivity contribution in [2.75, 3.05) is 13.2 Å². The second-order valence-electron chi connectivity index (χ2n) is 7.64. The van der Waals surface area contributed by atoms with Gasteiger partial charge in [0.05, 0.1) is 5.60 Å². The normalized spacial score (nSPS) is 37.0. The number of nitrogens with zero attached hydrogens (tertiary/aromatic N) is 1. The molecule has 1 atom stereocenters. The zero-order valence-corrected chi connectivity index (χ0v) is 13.9. The van der Waals surface area contributed by atoms with Crippen molar-refractivity contribution in [3.8, 4) is 0 Å².